The van der Waals surface area contributed by atoms with E-state index >= 15 is 0 Å². The van der Waals surface area contributed by atoms with Gasteiger partial charge in [0.2, 0.25) is 0 Å². The van der Waals surface area contributed by atoms with Crippen LogP contribution in [0.4, 0.5) is 0 Å². The number of carbonyl (C=O) groups excluding carboxylic acids is 1. The number of carbonyl (C=O) groups is 1. The zero-order valence-electron chi connectivity index (χ0n) is 12.7. The van der Waals surface area contributed by atoms with Crippen LogP contribution >= 0.6 is 11.6 Å². The Morgan fingerprint density at radius 2 is 2.14 bits per heavy atom. The molecular formula is C16H18ClN3O. The minimum Gasteiger partial charge on any atom is -0.293 e. The lowest BCUT2D eigenvalue weighted by Gasteiger charge is -2.49. The third-order valence-electron chi connectivity index (χ3n) is 5.25. The van der Waals surface area contributed by atoms with Crippen molar-refractivity contribution in [3.63, 3.8) is 0 Å². The molecule has 0 radical (unpaired) electrons. The van der Waals surface area contributed by atoms with Gasteiger partial charge in [-0.2, -0.15) is 10.4 Å². The maximum atomic E-state index is 12.5. The molecule has 0 amide bonds. The number of aromatic nitrogens is 2. The first kappa shape index (κ1) is 14.3. The third kappa shape index (κ3) is 1.67. The van der Waals surface area contributed by atoms with Gasteiger partial charge in [0, 0.05) is 23.4 Å². The second kappa shape index (κ2) is 4.20. The van der Waals surface area contributed by atoms with E-state index in [-0.39, 0.29) is 17.3 Å². The lowest BCUT2D eigenvalue weighted by molar-refractivity contribution is -0.128. The summed E-state index contributed by atoms with van der Waals surface area (Å²) in [6.07, 6.45) is 3.52. The van der Waals surface area contributed by atoms with Crippen LogP contribution in [0.15, 0.2) is 11.6 Å². The van der Waals surface area contributed by atoms with Crippen molar-refractivity contribution in [3.8, 4) is 6.07 Å². The molecule has 1 aromatic heterocycles. The summed E-state index contributed by atoms with van der Waals surface area (Å²) in [5.74, 6) is 0.0750. The van der Waals surface area contributed by atoms with E-state index in [9.17, 15) is 10.1 Å². The summed E-state index contributed by atoms with van der Waals surface area (Å²) >= 11 is 6.34. The van der Waals surface area contributed by atoms with E-state index in [4.69, 9.17) is 11.6 Å². The van der Waals surface area contributed by atoms with Gasteiger partial charge in [0.1, 0.15) is 11.2 Å². The molecule has 21 heavy (non-hydrogen) atoms. The van der Waals surface area contributed by atoms with Gasteiger partial charge in [-0.25, -0.2) is 0 Å². The Hall–Kier alpha value is -1.60. The van der Waals surface area contributed by atoms with E-state index in [1.54, 1.807) is 4.68 Å². The Balaban J connectivity index is 2.30. The van der Waals surface area contributed by atoms with Crippen molar-refractivity contribution in [3.05, 3.63) is 28.1 Å². The molecular weight excluding hydrogens is 286 g/mol. The van der Waals surface area contributed by atoms with Gasteiger partial charge in [-0.1, -0.05) is 38.4 Å². The molecule has 0 saturated carbocycles. The summed E-state index contributed by atoms with van der Waals surface area (Å²) in [5.41, 5.74) is 1.24. The highest BCUT2D eigenvalue weighted by atomic mass is 35.5. The van der Waals surface area contributed by atoms with Crippen LogP contribution in [0.5, 0.6) is 0 Å². The van der Waals surface area contributed by atoms with Crippen molar-refractivity contribution in [1.29, 1.82) is 5.26 Å². The van der Waals surface area contributed by atoms with Crippen LogP contribution in [0.3, 0.4) is 0 Å². The zero-order valence-corrected chi connectivity index (χ0v) is 13.5. The molecule has 0 fully saturated rings. The van der Waals surface area contributed by atoms with E-state index in [2.05, 4.69) is 18.1 Å². The van der Waals surface area contributed by atoms with Crippen LogP contribution in [0.25, 0.3) is 0 Å². The minimum absolute atomic E-state index is 0.0575. The van der Waals surface area contributed by atoms with Crippen molar-refractivity contribution in [2.24, 2.45) is 18.4 Å². The van der Waals surface area contributed by atoms with Crippen molar-refractivity contribution < 1.29 is 4.79 Å². The highest BCUT2D eigenvalue weighted by Crippen LogP contribution is 2.54. The summed E-state index contributed by atoms with van der Waals surface area (Å²) in [7, 11) is 1.83. The smallest absolute Gasteiger partial charge is 0.178 e. The van der Waals surface area contributed by atoms with Gasteiger partial charge >= 0.3 is 0 Å². The molecule has 0 aliphatic heterocycles. The summed E-state index contributed by atoms with van der Waals surface area (Å²) in [5, 5.41) is 14.6. The Kier molecular flexibility index (Phi) is 2.87. The molecule has 0 N–H and O–H groups in total. The van der Waals surface area contributed by atoms with Gasteiger partial charge in [0.05, 0.1) is 11.3 Å². The molecule has 0 spiro atoms. The molecule has 0 aromatic carbocycles. The van der Waals surface area contributed by atoms with Gasteiger partial charge in [-0.3, -0.25) is 9.48 Å². The number of nitrogens with zero attached hydrogens (tertiary/aromatic N) is 3. The van der Waals surface area contributed by atoms with Gasteiger partial charge in [0.15, 0.2) is 5.78 Å². The van der Waals surface area contributed by atoms with Gasteiger partial charge < -0.3 is 0 Å². The largest absolute Gasteiger partial charge is 0.293 e. The van der Waals surface area contributed by atoms with Crippen molar-refractivity contribution in [2.75, 3.05) is 0 Å². The zero-order chi connectivity index (χ0) is 15.6. The lowest BCUT2D eigenvalue weighted by Crippen LogP contribution is -2.51. The number of rotatable bonds is 0. The fraction of sp³-hybridized carbons (Fsp3) is 0.562. The first-order valence-corrected chi connectivity index (χ1v) is 7.51. The average Bonchev–Trinajstić information content (AvgIpc) is 2.72. The van der Waals surface area contributed by atoms with Gasteiger partial charge in [-0.05, 0) is 18.8 Å². The Morgan fingerprint density at radius 1 is 1.48 bits per heavy atom. The number of ketones is 1. The normalized spacial score (nSPS) is 30.2. The Morgan fingerprint density at radius 3 is 2.76 bits per heavy atom. The molecule has 2 aliphatic rings. The molecule has 1 aromatic rings. The molecule has 0 unspecified atom stereocenters. The predicted molar refractivity (Wildman–Crippen MR) is 79.9 cm³/mol. The van der Waals surface area contributed by atoms with Crippen LogP contribution in [-0.2, 0) is 23.7 Å². The average molecular weight is 304 g/mol. The Labute approximate surface area is 129 Å². The fourth-order valence-electron chi connectivity index (χ4n) is 4.19. The van der Waals surface area contributed by atoms with E-state index in [1.165, 1.54) is 0 Å². The van der Waals surface area contributed by atoms with Crippen molar-refractivity contribution in [2.45, 2.75) is 39.0 Å². The monoisotopic (exact) mass is 303 g/mol. The first-order chi connectivity index (χ1) is 9.73. The van der Waals surface area contributed by atoms with Crippen LogP contribution in [-0.4, -0.2) is 15.6 Å². The molecule has 110 valence electrons. The molecule has 4 nitrogen and oxygen atoms in total. The molecule has 3 rings (SSSR count). The maximum absolute atomic E-state index is 12.5. The summed E-state index contributed by atoms with van der Waals surface area (Å²) in [4.78, 5) is 12.5. The second-order valence-corrected chi connectivity index (χ2v) is 7.19. The molecule has 0 saturated heterocycles. The third-order valence-corrected chi connectivity index (χ3v) is 5.72. The summed E-state index contributed by atoms with van der Waals surface area (Å²) in [6.45, 7) is 5.96. The van der Waals surface area contributed by atoms with Crippen molar-refractivity contribution >= 4 is 17.4 Å². The predicted octanol–water partition coefficient (Wildman–Crippen LogP) is 2.95. The van der Waals surface area contributed by atoms with Crippen LogP contribution in [0.1, 0.15) is 38.4 Å². The lowest BCUT2D eigenvalue weighted by atomic mass is 9.52. The first-order valence-electron chi connectivity index (χ1n) is 7.13. The summed E-state index contributed by atoms with van der Waals surface area (Å²) < 4.78 is 1.68. The number of hydrogen-bond acceptors (Lipinski definition) is 3. The number of fused-ring (bicyclic) bond motifs is 3. The number of halogens is 1. The molecule has 2 atom stereocenters. The summed E-state index contributed by atoms with van der Waals surface area (Å²) in [6, 6.07) is 2.06. The van der Waals surface area contributed by atoms with Crippen LogP contribution < -0.4 is 0 Å². The number of nitriles is 1. The fourth-order valence-corrected chi connectivity index (χ4v) is 4.41. The van der Waals surface area contributed by atoms with Gasteiger partial charge in [-0.15, -0.1) is 0 Å². The van der Waals surface area contributed by atoms with Crippen LogP contribution in [0, 0.1) is 22.7 Å². The number of hydrogen-bond donors (Lipinski definition) is 0. The Bertz CT molecular complexity index is 723. The van der Waals surface area contributed by atoms with E-state index in [1.807, 2.05) is 27.0 Å². The highest BCUT2D eigenvalue weighted by molar-refractivity contribution is 6.30. The number of allylic oxidation sites excluding steroid dienone is 2. The maximum Gasteiger partial charge on any atom is 0.178 e. The molecule has 0 bridgehead atoms. The van der Waals surface area contributed by atoms with Crippen LogP contribution in [0.2, 0.25) is 5.15 Å². The van der Waals surface area contributed by atoms with E-state index in [0.717, 1.165) is 24.1 Å². The van der Waals surface area contributed by atoms with E-state index in [0.29, 0.717) is 5.15 Å². The SMILES string of the molecule is Cn1nc2c(c1Cl)CC[C@H]1C(C)(C)C(=O)C(C#N)=C[C@]21C. The van der Waals surface area contributed by atoms with Crippen molar-refractivity contribution in [1.82, 2.24) is 9.78 Å². The second-order valence-electron chi connectivity index (χ2n) is 6.84. The highest BCUT2D eigenvalue weighted by Gasteiger charge is 2.55. The number of Topliss-reactive ketones (excluding diaryl/α,β-unsaturated/α-hetero) is 1. The topological polar surface area (TPSA) is 58.7 Å². The minimum atomic E-state index is -0.559. The van der Waals surface area contributed by atoms with Gasteiger partial charge in [0.25, 0.3) is 0 Å². The quantitative estimate of drug-likeness (QED) is 0.740. The number of aryl methyl sites for hydroxylation is 1. The molecule has 5 heteroatoms. The molecule has 2 aliphatic carbocycles. The standard InChI is InChI=1S/C16H18ClN3O/c1-15(2)11-6-5-10-12(19-20(4)14(10)17)16(11,3)7-9(8-18)13(15)21/h7,11H,5-6H2,1-4H3/t11-,16-/m0/s1. The van der Waals surface area contributed by atoms with E-state index < -0.39 is 10.8 Å². The molecule has 1 heterocycles.